The second-order valence-electron chi connectivity index (χ2n) is 7.41. The number of dihydropyridines is 1. The topological polar surface area (TPSA) is 15.3 Å². The molecule has 0 atom stereocenters. The van der Waals surface area contributed by atoms with E-state index in [1.807, 2.05) is 11.9 Å². The van der Waals surface area contributed by atoms with E-state index in [2.05, 4.69) is 41.9 Å². The van der Waals surface area contributed by atoms with Gasteiger partial charge in [0, 0.05) is 18.0 Å². The van der Waals surface area contributed by atoms with E-state index in [-0.39, 0.29) is 0 Å². The normalized spacial score (nSPS) is 35.5. The minimum absolute atomic E-state index is 0.745. The highest BCUT2D eigenvalue weighted by Crippen LogP contribution is 2.57. The van der Waals surface area contributed by atoms with Gasteiger partial charge in [0.15, 0.2) is 0 Å². The van der Waals surface area contributed by atoms with Gasteiger partial charge in [0.05, 0.1) is 0 Å². The lowest BCUT2D eigenvalue weighted by Gasteiger charge is -2.52. The molecule has 0 aromatic heterocycles. The number of rotatable bonds is 5. The highest BCUT2D eigenvalue weighted by molar-refractivity contribution is 7.96. The van der Waals surface area contributed by atoms with Crippen molar-refractivity contribution in [2.24, 2.45) is 17.3 Å². The van der Waals surface area contributed by atoms with Crippen LogP contribution in [0.25, 0.3) is 0 Å². The Morgan fingerprint density at radius 1 is 1.29 bits per heavy atom. The molecule has 1 heterocycles. The van der Waals surface area contributed by atoms with Crippen LogP contribution in [0.5, 0.6) is 0 Å². The average Bonchev–Trinajstić information content (AvgIpc) is 2.47. The zero-order valence-electron chi connectivity index (χ0n) is 13.6. The van der Waals surface area contributed by atoms with Crippen molar-refractivity contribution in [3.63, 3.8) is 0 Å². The fraction of sp³-hybridized carbons (Fsp3) is 0.778. The van der Waals surface area contributed by atoms with Gasteiger partial charge in [-0.2, -0.15) is 0 Å². The minimum atomic E-state index is 0.745. The zero-order valence-corrected chi connectivity index (χ0v) is 14.4. The van der Waals surface area contributed by atoms with Crippen LogP contribution >= 0.6 is 11.9 Å². The third-order valence-corrected chi connectivity index (χ3v) is 6.58. The SMILES string of the molecule is CN(C)SCCC1CC2(CCC(C3=CC=CCN3)CC2)C1. The van der Waals surface area contributed by atoms with Gasteiger partial charge in [0.1, 0.15) is 0 Å². The Morgan fingerprint density at radius 3 is 2.67 bits per heavy atom. The molecule has 0 aromatic carbocycles. The van der Waals surface area contributed by atoms with Crippen molar-refractivity contribution in [3.8, 4) is 0 Å². The fourth-order valence-corrected chi connectivity index (χ4v) is 5.28. The monoisotopic (exact) mass is 306 g/mol. The predicted molar refractivity (Wildman–Crippen MR) is 93.1 cm³/mol. The second-order valence-corrected chi connectivity index (χ2v) is 8.81. The molecule has 0 radical (unpaired) electrons. The van der Waals surface area contributed by atoms with Crippen molar-refractivity contribution >= 4 is 11.9 Å². The van der Waals surface area contributed by atoms with Gasteiger partial charge >= 0.3 is 0 Å². The van der Waals surface area contributed by atoms with Crippen LogP contribution in [-0.2, 0) is 0 Å². The molecule has 118 valence electrons. The molecule has 3 aliphatic rings. The summed E-state index contributed by atoms with van der Waals surface area (Å²) >= 11 is 1.97. The summed E-state index contributed by atoms with van der Waals surface area (Å²) in [5.41, 5.74) is 2.25. The summed E-state index contributed by atoms with van der Waals surface area (Å²) in [5.74, 6) is 3.13. The predicted octanol–water partition coefficient (Wildman–Crippen LogP) is 4.22. The lowest BCUT2D eigenvalue weighted by atomic mass is 9.54. The molecule has 0 aromatic rings. The second kappa shape index (κ2) is 6.78. The number of nitrogens with one attached hydrogen (secondary N) is 1. The molecule has 2 aliphatic carbocycles. The maximum absolute atomic E-state index is 3.57. The first kappa shape index (κ1) is 15.5. The maximum Gasteiger partial charge on any atom is 0.0330 e. The average molecular weight is 307 g/mol. The third kappa shape index (κ3) is 3.87. The molecule has 3 heteroatoms. The number of allylic oxidation sites excluding steroid dienone is 3. The van der Waals surface area contributed by atoms with E-state index in [1.54, 1.807) is 0 Å². The Morgan fingerprint density at radius 2 is 2.05 bits per heavy atom. The molecule has 1 aliphatic heterocycles. The van der Waals surface area contributed by atoms with E-state index in [0.29, 0.717) is 0 Å². The lowest BCUT2D eigenvalue weighted by Crippen LogP contribution is -2.41. The summed E-state index contributed by atoms with van der Waals surface area (Å²) in [4.78, 5) is 0. The molecule has 21 heavy (non-hydrogen) atoms. The minimum Gasteiger partial charge on any atom is -0.385 e. The van der Waals surface area contributed by atoms with Gasteiger partial charge in [0.2, 0.25) is 0 Å². The molecule has 0 amide bonds. The van der Waals surface area contributed by atoms with E-state index in [0.717, 1.165) is 23.8 Å². The van der Waals surface area contributed by atoms with Crippen LogP contribution in [0.15, 0.2) is 23.9 Å². The highest BCUT2D eigenvalue weighted by atomic mass is 32.2. The van der Waals surface area contributed by atoms with E-state index >= 15 is 0 Å². The first-order chi connectivity index (χ1) is 10.2. The quantitative estimate of drug-likeness (QED) is 0.766. The molecular formula is C18H30N2S. The van der Waals surface area contributed by atoms with Crippen LogP contribution < -0.4 is 5.32 Å². The maximum atomic E-state index is 3.57. The molecule has 2 saturated carbocycles. The molecule has 0 unspecified atom stereocenters. The van der Waals surface area contributed by atoms with Gasteiger partial charge in [-0.25, -0.2) is 0 Å². The summed E-state index contributed by atoms with van der Waals surface area (Å²) in [7, 11) is 4.30. The van der Waals surface area contributed by atoms with Crippen molar-refractivity contribution in [3.05, 3.63) is 23.9 Å². The van der Waals surface area contributed by atoms with E-state index in [1.165, 1.54) is 56.4 Å². The molecule has 2 fully saturated rings. The summed E-state index contributed by atoms with van der Waals surface area (Å²) in [6.07, 6.45) is 16.9. The molecule has 0 bridgehead atoms. The summed E-state index contributed by atoms with van der Waals surface area (Å²) in [6.45, 7) is 1.03. The Labute approximate surface area is 134 Å². The van der Waals surface area contributed by atoms with Crippen molar-refractivity contribution in [2.45, 2.75) is 44.9 Å². The summed E-state index contributed by atoms with van der Waals surface area (Å²) < 4.78 is 2.24. The number of nitrogens with zero attached hydrogens (tertiary/aromatic N) is 1. The molecular weight excluding hydrogens is 276 g/mol. The van der Waals surface area contributed by atoms with Crippen LogP contribution in [-0.4, -0.2) is 30.7 Å². The van der Waals surface area contributed by atoms with Crippen molar-refractivity contribution in [1.82, 2.24) is 9.62 Å². The molecule has 1 N–H and O–H groups in total. The van der Waals surface area contributed by atoms with Gasteiger partial charge in [-0.15, -0.1) is 0 Å². The first-order valence-corrected chi connectivity index (χ1v) is 9.52. The summed E-state index contributed by atoms with van der Waals surface area (Å²) in [5, 5.41) is 3.57. The van der Waals surface area contributed by atoms with Gasteiger partial charge in [-0.05, 0) is 82.4 Å². The smallest absolute Gasteiger partial charge is 0.0330 e. The molecule has 1 spiro atoms. The Bertz CT molecular complexity index is 397. The molecule has 2 nitrogen and oxygen atoms in total. The van der Waals surface area contributed by atoms with Crippen LogP contribution in [0.1, 0.15) is 44.9 Å². The number of hydrogen-bond donors (Lipinski definition) is 1. The van der Waals surface area contributed by atoms with E-state index in [9.17, 15) is 0 Å². The standard InChI is InChI=1S/C18H30N2S/c1-20(2)21-12-8-15-13-18(14-15)9-6-16(7-10-18)17-5-3-4-11-19-17/h3-5,15-16,19H,6-14H2,1-2H3. The first-order valence-electron chi connectivity index (χ1n) is 8.58. The van der Waals surface area contributed by atoms with E-state index < -0.39 is 0 Å². The highest BCUT2D eigenvalue weighted by Gasteiger charge is 2.45. The fourth-order valence-electron chi connectivity index (χ4n) is 4.48. The lowest BCUT2D eigenvalue weighted by molar-refractivity contribution is 0.00306. The Hall–Kier alpha value is -0.410. The van der Waals surface area contributed by atoms with Crippen LogP contribution in [0.3, 0.4) is 0 Å². The molecule has 0 saturated heterocycles. The number of hydrogen-bond acceptors (Lipinski definition) is 3. The van der Waals surface area contributed by atoms with Crippen LogP contribution in [0.4, 0.5) is 0 Å². The van der Waals surface area contributed by atoms with Crippen LogP contribution in [0.2, 0.25) is 0 Å². The Balaban J connectivity index is 1.39. The van der Waals surface area contributed by atoms with Crippen molar-refractivity contribution in [2.75, 3.05) is 26.4 Å². The van der Waals surface area contributed by atoms with Crippen LogP contribution in [0, 0.1) is 17.3 Å². The van der Waals surface area contributed by atoms with Gasteiger partial charge in [-0.1, -0.05) is 24.1 Å². The largest absolute Gasteiger partial charge is 0.385 e. The Kier molecular flexibility index (Phi) is 5.00. The van der Waals surface area contributed by atoms with Crippen molar-refractivity contribution < 1.29 is 0 Å². The van der Waals surface area contributed by atoms with Gasteiger partial charge < -0.3 is 5.32 Å². The third-order valence-electron chi connectivity index (χ3n) is 5.64. The van der Waals surface area contributed by atoms with Crippen molar-refractivity contribution in [1.29, 1.82) is 0 Å². The summed E-state index contributed by atoms with van der Waals surface area (Å²) in [6, 6.07) is 0. The van der Waals surface area contributed by atoms with Gasteiger partial charge in [0.25, 0.3) is 0 Å². The zero-order chi connectivity index (χ0) is 14.7. The van der Waals surface area contributed by atoms with E-state index in [4.69, 9.17) is 0 Å². The molecule has 3 rings (SSSR count). The van der Waals surface area contributed by atoms with Gasteiger partial charge in [-0.3, -0.25) is 4.31 Å².